The van der Waals surface area contributed by atoms with Gasteiger partial charge in [0.1, 0.15) is 0 Å². The van der Waals surface area contributed by atoms with Crippen LogP contribution in [0.4, 0.5) is 13.2 Å². The molecule has 2 aromatic carbocycles. The van der Waals surface area contributed by atoms with Crippen molar-refractivity contribution in [1.29, 1.82) is 0 Å². The molecule has 0 fully saturated rings. The van der Waals surface area contributed by atoms with Crippen LogP contribution in [0.25, 0.3) is 16.6 Å². The number of benzene rings is 2. The van der Waals surface area contributed by atoms with Gasteiger partial charge in [-0.15, -0.1) is 5.10 Å². The predicted molar refractivity (Wildman–Crippen MR) is 98.5 cm³/mol. The van der Waals surface area contributed by atoms with Gasteiger partial charge in [0.25, 0.3) is 11.5 Å². The summed E-state index contributed by atoms with van der Waals surface area (Å²) in [5.41, 5.74) is 0.133. The lowest BCUT2D eigenvalue weighted by Crippen LogP contribution is -2.26. The van der Waals surface area contributed by atoms with Gasteiger partial charge in [0.15, 0.2) is 11.2 Å². The minimum absolute atomic E-state index is 0.0806. The molecule has 2 aromatic heterocycles. The maximum atomic E-state index is 13.1. The van der Waals surface area contributed by atoms with E-state index < -0.39 is 23.2 Å². The van der Waals surface area contributed by atoms with Crippen LogP contribution in [0.15, 0.2) is 47.3 Å². The van der Waals surface area contributed by atoms with Gasteiger partial charge >= 0.3 is 6.18 Å². The molecule has 0 saturated carbocycles. The first-order chi connectivity index (χ1) is 13.8. The average Bonchev–Trinajstić information content (AvgIpc) is 3.11. The van der Waals surface area contributed by atoms with Crippen LogP contribution in [-0.2, 0) is 12.7 Å². The zero-order chi connectivity index (χ0) is 20.8. The third-order valence-corrected chi connectivity index (χ3v) is 4.49. The number of nitrogens with one attached hydrogen (secondary N) is 2. The number of H-pyrrole nitrogens is 1. The molecular formula is C19H14F3N5O2. The fourth-order valence-electron chi connectivity index (χ4n) is 3.13. The van der Waals surface area contributed by atoms with Crippen LogP contribution >= 0.6 is 0 Å². The maximum Gasteiger partial charge on any atom is 0.416 e. The van der Waals surface area contributed by atoms with E-state index in [9.17, 15) is 22.8 Å². The molecule has 0 spiro atoms. The molecule has 0 aliphatic rings. The summed E-state index contributed by atoms with van der Waals surface area (Å²) in [6.45, 7) is 1.49. The van der Waals surface area contributed by atoms with E-state index in [-0.39, 0.29) is 23.3 Å². The van der Waals surface area contributed by atoms with Crippen LogP contribution in [0, 0.1) is 6.92 Å². The first-order valence-corrected chi connectivity index (χ1v) is 8.57. The lowest BCUT2D eigenvalue weighted by molar-refractivity contribution is -0.138. The van der Waals surface area contributed by atoms with Gasteiger partial charge in [-0.2, -0.15) is 13.2 Å². The van der Waals surface area contributed by atoms with E-state index in [1.54, 1.807) is 12.1 Å². The molecule has 2 N–H and O–H groups in total. The van der Waals surface area contributed by atoms with Gasteiger partial charge in [0, 0.05) is 6.54 Å². The first kappa shape index (κ1) is 18.7. The van der Waals surface area contributed by atoms with Crippen LogP contribution in [0.3, 0.4) is 0 Å². The SMILES string of the molecule is Cc1ccc2c(c1)[nH]c(=O)c1c(C(=O)NCc3ccccc3C(F)(F)F)nnn12. The van der Waals surface area contributed by atoms with Crippen LogP contribution in [0.5, 0.6) is 0 Å². The van der Waals surface area contributed by atoms with E-state index in [1.165, 1.54) is 22.7 Å². The number of halogens is 3. The Kier molecular flexibility index (Phi) is 4.33. The standard InChI is InChI=1S/C19H14F3N5O2/c1-10-6-7-14-13(8-10)24-18(29)16-15(25-26-27(14)16)17(28)23-9-11-4-2-3-5-12(11)19(20,21)22/h2-8H,9H2,1H3,(H,23,28)(H,24,29). The molecule has 0 atom stereocenters. The van der Waals surface area contributed by atoms with Crippen LogP contribution in [-0.4, -0.2) is 25.7 Å². The van der Waals surface area contributed by atoms with Gasteiger partial charge < -0.3 is 10.3 Å². The summed E-state index contributed by atoms with van der Waals surface area (Å²) in [6.07, 6.45) is -4.54. The summed E-state index contributed by atoms with van der Waals surface area (Å²) < 4.78 is 40.5. The zero-order valence-corrected chi connectivity index (χ0v) is 15.0. The highest BCUT2D eigenvalue weighted by Gasteiger charge is 2.33. The van der Waals surface area contributed by atoms with Crippen LogP contribution in [0.1, 0.15) is 27.2 Å². The highest BCUT2D eigenvalue weighted by molar-refractivity contribution is 5.99. The number of nitrogens with zero attached hydrogens (tertiary/aromatic N) is 3. The Morgan fingerprint density at radius 2 is 1.97 bits per heavy atom. The van der Waals surface area contributed by atoms with E-state index in [4.69, 9.17) is 0 Å². The fraction of sp³-hybridized carbons (Fsp3) is 0.158. The van der Waals surface area contributed by atoms with Gasteiger partial charge in [0.05, 0.1) is 16.6 Å². The van der Waals surface area contributed by atoms with Crippen LogP contribution in [0.2, 0.25) is 0 Å². The van der Waals surface area contributed by atoms with Gasteiger partial charge in [-0.05, 0) is 36.2 Å². The highest BCUT2D eigenvalue weighted by Crippen LogP contribution is 2.31. The molecule has 148 valence electrons. The van der Waals surface area contributed by atoms with Crippen molar-refractivity contribution in [2.24, 2.45) is 0 Å². The molecule has 10 heteroatoms. The number of amides is 1. The Labute approximate surface area is 161 Å². The lowest BCUT2D eigenvalue weighted by Gasteiger charge is -2.12. The summed E-state index contributed by atoms with van der Waals surface area (Å²) in [5.74, 6) is -0.797. The van der Waals surface area contributed by atoms with Crippen molar-refractivity contribution in [3.8, 4) is 0 Å². The van der Waals surface area contributed by atoms with Crippen molar-refractivity contribution in [2.45, 2.75) is 19.6 Å². The molecule has 0 unspecified atom stereocenters. The third-order valence-electron chi connectivity index (χ3n) is 4.49. The van der Waals surface area contributed by atoms with E-state index in [0.29, 0.717) is 11.0 Å². The van der Waals surface area contributed by atoms with Crippen molar-refractivity contribution in [3.05, 3.63) is 75.2 Å². The second-order valence-corrected chi connectivity index (χ2v) is 6.51. The quantitative estimate of drug-likeness (QED) is 0.552. The highest BCUT2D eigenvalue weighted by atomic mass is 19.4. The normalized spacial score (nSPS) is 11.9. The number of alkyl halides is 3. The predicted octanol–water partition coefficient (Wildman–Crippen LogP) is 2.83. The largest absolute Gasteiger partial charge is 0.416 e. The van der Waals surface area contributed by atoms with Crippen molar-refractivity contribution >= 4 is 22.5 Å². The molecule has 1 amide bonds. The number of fused-ring (bicyclic) bond motifs is 3. The van der Waals surface area contributed by atoms with Crippen molar-refractivity contribution < 1.29 is 18.0 Å². The van der Waals surface area contributed by atoms with Crippen LogP contribution < -0.4 is 10.9 Å². The monoisotopic (exact) mass is 401 g/mol. The summed E-state index contributed by atoms with van der Waals surface area (Å²) >= 11 is 0. The molecular weight excluding hydrogens is 387 g/mol. The van der Waals surface area contributed by atoms with E-state index in [0.717, 1.165) is 11.6 Å². The topological polar surface area (TPSA) is 92.1 Å². The molecule has 0 saturated heterocycles. The number of hydrogen-bond donors (Lipinski definition) is 2. The Bertz CT molecular complexity index is 1310. The number of carbonyl (C=O) groups excluding carboxylic acids is 1. The van der Waals surface area contributed by atoms with Crippen molar-refractivity contribution in [3.63, 3.8) is 0 Å². The first-order valence-electron chi connectivity index (χ1n) is 8.57. The Morgan fingerprint density at radius 1 is 1.21 bits per heavy atom. The number of aromatic nitrogens is 4. The zero-order valence-electron chi connectivity index (χ0n) is 15.0. The van der Waals surface area contributed by atoms with Gasteiger partial charge in [-0.1, -0.05) is 29.5 Å². The number of aromatic amines is 1. The molecule has 0 bridgehead atoms. The Hall–Kier alpha value is -3.69. The van der Waals surface area contributed by atoms with Crippen molar-refractivity contribution in [1.82, 2.24) is 25.1 Å². The summed E-state index contributed by atoms with van der Waals surface area (Å²) in [4.78, 5) is 27.7. The van der Waals surface area contributed by atoms with Gasteiger partial charge in [0.2, 0.25) is 0 Å². The van der Waals surface area contributed by atoms with E-state index >= 15 is 0 Å². The molecule has 0 radical (unpaired) electrons. The van der Waals surface area contributed by atoms with Gasteiger partial charge in [-0.3, -0.25) is 9.59 Å². The molecule has 0 aliphatic heterocycles. The molecule has 29 heavy (non-hydrogen) atoms. The second-order valence-electron chi connectivity index (χ2n) is 6.51. The molecule has 0 aliphatic carbocycles. The van der Waals surface area contributed by atoms with E-state index in [1.807, 2.05) is 13.0 Å². The Balaban J connectivity index is 1.69. The van der Waals surface area contributed by atoms with E-state index in [2.05, 4.69) is 20.6 Å². The minimum Gasteiger partial charge on any atom is -0.346 e. The summed E-state index contributed by atoms with van der Waals surface area (Å²) in [6, 6.07) is 10.2. The Morgan fingerprint density at radius 3 is 2.72 bits per heavy atom. The molecule has 4 aromatic rings. The maximum absolute atomic E-state index is 13.1. The summed E-state index contributed by atoms with van der Waals surface area (Å²) in [5, 5.41) is 10.0. The number of carbonyl (C=O) groups is 1. The minimum atomic E-state index is -4.54. The fourth-order valence-corrected chi connectivity index (χ4v) is 3.13. The number of rotatable bonds is 3. The lowest BCUT2D eigenvalue weighted by atomic mass is 10.1. The number of hydrogen-bond acceptors (Lipinski definition) is 4. The van der Waals surface area contributed by atoms with Crippen molar-refractivity contribution in [2.75, 3.05) is 0 Å². The smallest absolute Gasteiger partial charge is 0.346 e. The second kappa shape index (κ2) is 6.73. The molecule has 7 nitrogen and oxygen atoms in total. The van der Waals surface area contributed by atoms with Gasteiger partial charge in [-0.25, -0.2) is 4.52 Å². The molecule has 4 rings (SSSR count). The number of aryl methyl sites for hydroxylation is 1. The molecule has 2 heterocycles. The average molecular weight is 401 g/mol. The third kappa shape index (κ3) is 3.33. The summed E-state index contributed by atoms with van der Waals surface area (Å²) in [7, 11) is 0.